The largest absolute Gasteiger partial charge is 0.377 e. The summed E-state index contributed by atoms with van der Waals surface area (Å²) in [5.41, 5.74) is -0.954. The second kappa shape index (κ2) is 6.25. The fourth-order valence-corrected chi connectivity index (χ4v) is 1.48. The first kappa shape index (κ1) is 14.3. The van der Waals surface area contributed by atoms with E-state index in [1.165, 1.54) is 0 Å². The predicted octanol–water partition coefficient (Wildman–Crippen LogP) is 2.71. The van der Waals surface area contributed by atoms with Crippen LogP contribution in [0.5, 0.6) is 0 Å². The first-order valence-corrected chi connectivity index (χ1v) is 5.44. The van der Waals surface area contributed by atoms with Gasteiger partial charge in [-0.1, -0.05) is 0 Å². The van der Waals surface area contributed by atoms with Gasteiger partial charge in [0.25, 0.3) is 0 Å². The number of benzene rings is 1. The summed E-state index contributed by atoms with van der Waals surface area (Å²) in [4.78, 5) is 9.81. The maximum Gasteiger partial charge on any atom is 0.327 e. The van der Waals surface area contributed by atoms with E-state index in [2.05, 4.69) is 5.32 Å². The third-order valence-electron chi connectivity index (χ3n) is 2.24. The molecule has 0 aliphatic carbocycles. The Balaban J connectivity index is 2.90. The lowest BCUT2D eigenvalue weighted by Crippen LogP contribution is -2.20. The van der Waals surface area contributed by atoms with Gasteiger partial charge in [-0.3, -0.25) is 10.1 Å². The summed E-state index contributed by atoms with van der Waals surface area (Å²) in [6, 6.07) is 1.37. The molecule has 0 aromatic heterocycles. The fraction of sp³-hybridized carbons (Fsp3) is 0.455. The number of nitro groups is 1. The van der Waals surface area contributed by atoms with Crippen LogP contribution in [0, 0.1) is 21.7 Å². The molecule has 1 aromatic carbocycles. The number of hydrogen-bond acceptors (Lipinski definition) is 4. The minimum Gasteiger partial charge on any atom is -0.377 e. The van der Waals surface area contributed by atoms with Gasteiger partial charge in [0.1, 0.15) is 11.5 Å². The van der Waals surface area contributed by atoms with Crippen LogP contribution in [0.4, 0.5) is 20.2 Å². The van der Waals surface area contributed by atoms with Crippen LogP contribution < -0.4 is 5.32 Å². The number of ether oxygens (including phenoxy) is 1. The summed E-state index contributed by atoms with van der Waals surface area (Å²) in [6.07, 6.45) is -0.221. The van der Waals surface area contributed by atoms with Crippen LogP contribution in [0.1, 0.15) is 13.8 Å². The minimum absolute atomic E-state index is 0.191. The van der Waals surface area contributed by atoms with Gasteiger partial charge in [-0.2, -0.15) is 4.39 Å². The Morgan fingerprint density at radius 3 is 2.72 bits per heavy atom. The first-order chi connectivity index (χ1) is 8.45. The van der Waals surface area contributed by atoms with Gasteiger partial charge in [0.05, 0.1) is 11.0 Å². The number of nitrogens with zero attached hydrogens (tertiary/aromatic N) is 1. The van der Waals surface area contributed by atoms with Crippen molar-refractivity contribution < 1.29 is 18.4 Å². The average Bonchev–Trinajstić information content (AvgIpc) is 2.25. The van der Waals surface area contributed by atoms with Gasteiger partial charge in [0.15, 0.2) is 0 Å². The highest BCUT2D eigenvalue weighted by molar-refractivity contribution is 5.62. The smallest absolute Gasteiger partial charge is 0.327 e. The molecule has 0 aliphatic heterocycles. The number of hydrogen-bond donors (Lipinski definition) is 1. The van der Waals surface area contributed by atoms with Crippen molar-refractivity contribution in [3.05, 3.63) is 33.9 Å². The van der Waals surface area contributed by atoms with Gasteiger partial charge in [0, 0.05) is 25.3 Å². The van der Waals surface area contributed by atoms with Gasteiger partial charge in [-0.15, -0.1) is 0 Å². The highest BCUT2D eigenvalue weighted by atomic mass is 19.1. The third-order valence-corrected chi connectivity index (χ3v) is 2.24. The molecule has 0 amide bonds. The van der Waals surface area contributed by atoms with Gasteiger partial charge in [-0.05, 0) is 13.8 Å². The molecule has 18 heavy (non-hydrogen) atoms. The van der Waals surface area contributed by atoms with Crippen molar-refractivity contribution in [2.75, 3.05) is 18.5 Å². The van der Waals surface area contributed by atoms with Crippen LogP contribution in [0.25, 0.3) is 0 Å². The second-order valence-corrected chi connectivity index (χ2v) is 3.69. The van der Waals surface area contributed by atoms with Crippen LogP contribution in [0.15, 0.2) is 12.1 Å². The van der Waals surface area contributed by atoms with Crippen LogP contribution in [-0.4, -0.2) is 24.2 Å². The van der Waals surface area contributed by atoms with Crippen molar-refractivity contribution in [1.29, 1.82) is 0 Å². The molecule has 0 radical (unpaired) electrons. The molecule has 0 aliphatic rings. The summed E-state index contributed by atoms with van der Waals surface area (Å²) in [7, 11) is 0. The topological polar surface area (TPSA) is 64.4 Å². The van der Waals surface area contributed by atoms with Crippen molar-refractivity contribution >= 4 is 11.4 Å². The zero-order valence-electron chi connectivity index (χ0n) is 10.1. The summed E-state index contributed by atoms with van der Waals surface area (Å²) < 4.78 is 31.5. The highest BCUT2D eigenvalue weighted by Crippen LogP contribution is 2.28. The molecule has 7 heteroatoms. The van der Waals surface area contributed by atoms with Crippen molar-refractivity contribution in [1.82, 2.24) is 0 Å². The van der Waals surface area contributed by atoms with E-state index in [9.17, 15) is 18.9 Å². The maximum absolute atomic E-state index is 13.3. The lowest BCUT2D eigenvalue weighted by atomic mass is 10.2. The molecule has 0 fully saturated rings. The molecule has 1 unspecified atom stereocenters. The zero-order valence-corrected chi connectivity index (χ0v) is 10.1. The van der Waals surface area contributed by atoms with Crippen LogP contribution >= 0.6 is 0 Å². The Morgan fingerprint density at radius 2 is 2.17 bits per heavy atom. The normalized spacial score (nSPS) is 12.2. The molecule has 1 atom stereocenters. The van der Waals surface area contributed by atoms with Gasteiger partial charge >= 0.3 is 5.69 Å². The molecular weight excluding hydrogens is 246 g/mol. The van der Waals surface area contributed by atoms with E-state index < -0.39 is 22.2 Å². The van der Waals surface area contributed by atoms with E-state index in [1.807, 2.05) is 0 Å². The molecule has 1 N–H and O–H groups in total. The lowest BCUT2D eigenvalue weighted by Gasteiger charge is -2.13. The molecule has 100 valence electrons. The molecule has 0 spiro atoms. The third kappa shape index (κ3) is 3.63. The number of rotatable bonds is 6. The molecule has 1 rings (SSSR count). The summed E-state index contributed by atoms with van der Waals surface area (Å²) in [6.45, 7) is 4.26. The molecule has 0 heterocycles. The molecule has 0 saturated heterocycles. The Labute approximate surface area is 103 Å². The van der Waals surface area contributed by atoms with E-state index in [-0.39, 0.29) is 18.3 Å². The van der Waals surface area contributed by atoms with Crippen LogP contribution in [-0.2, 0) is 4.74 Å². The molecule has 1 aromatic rings. The Kier molecular flexibility index (Phi) is 4.96. The van der Waals surface area contributed by atoms with Crippen LogP contribution in [0.2, 0.25) is 0 Å². The molecule has 0 saturated carbocycles. The molecule has 0 bridgehead atoms. The summed E-state index contributed by atoms with van der Waals surface area (Å²) >= 11 is 0. The fourth-order valence-electron chi connectivity index (χ4n) is 1.48. The van der Waals surface area contributed by atoms with Gasteiger partial charge in [-0.25, -0.2) is 4.39 Å². The monoisotopic (exact) mass is 260 g/mol. The predicted molar refractivity (Wildman–Crippen MR) is 62.6 cm³/mol. The standard InChI is InChI=1S/C11H14F2N2O3/c1-3-18-7(2)6-14-10-5-8(12)4-9(13)11(10)15(16)17/h4-5,7,14H,3,6H2,1-2H3. The van der Waals surface area contributed by atoms with Crippen LogP contribution in [0.3, 0.4) is 0 Å². The highest BCUT2D eigenvalue weighted by Gasteiger charge is 2.22. The summed E-state index contributed by atoms with van der Waals surface area (Å²) in [5.74, 6) is -2.07. The Bertz CT molecular complexity index is 441. The number of halogens is 2. The SMILES string of the molecule is CCOC(C)CNc1cc(F)cc(F)c1[N+](=O)[O-]. The lowest BCUT2D eigenvalue weighted by molar-refractivity contribution is -0.386. The van der Waals surface area contributed by atoms with E-state index in [1.54, 1.807) is 13.8 Å². The van der Waals surface area contributed by atoms with Gasteiger partial charge < -0.3 is 10.1 Å². The Hall–Kier alpha value is -1.76. The van der Waals surface area contributed by atoms with E-state index in [0.29, 0.717) is 12.7 Å². The quantitative estimate of drug-likeness (QED) is 0.631. The number of nitrogens with one attached hydrogen (secondary N) is 1. The van der Waals surface area contributed by atoms with Crippen molar-refractivity contribution in [3.63, 3.8) is 0 Å². The van der Waals surface area contributed by atoms with Crippen molar-refractivity contribution in [3.8, 4) is 0 Å². The minimum atomic E-state index is -1.20. The van der Waals surface area contributed by atoms with E-state index >= 15 is 0 Å². The van der Waals surface area contributed by atoms with E-state index in [4.69, 9.17) is 4.74 Å². The number of nitro benzene ring substituents is 1. The average molecular weight is 260 g/mol. The Morgan fingerprint density at radius 1 is 1.50 bits per heavy atom. The van der Waals surface area contributed by atoms with Gasteiger partial charge in [0.2, 0.25) is 5.82 Å². The van der Waals surface area contributed by atoms with Crippen molar-refractivity contribution in [2.45, 2.75) is 20.0 Å². The van der Waals surface area contributed by atoms with E-state index in [0.717, 1.165) is 6.07 Å². The molecular formula is C11H14F2N2O3. The summed E-state index contributed by atoms with van der Waals surface area (Å²) in [5, 5.41) is 13.3. The van der Waals surface area contributed by atoms with Crippen molar-refractivity contribution in [2.24, 2.45) is 0 Å². The second-order valence-electron chi connectivity index (χ2n) is 3.69. The zero-order chi connectivity index (χ0) is 13.7. The molecule has 5 nitrogen and oxygen atoms in total. The number of anilines is 1. The maximum atomic E-state index is 13.3. The first-order valence-electron chi connectivity index (χ1n) is 5.44.